The summed E-state index contributed by atoms with van der Waals surface area (Å²) >= 11 is 2.90. The molecule has 3 rings (SSSR count). The van der Waals surface area contributed by atoms with Crippen LogP contribution in [0.4, 0.5) is 0 Å². The number of benzene rings is 1. The molecular weight excluding hydrogens is 378 g/mol. The van der Waals surface area contributed by atoms with Crippen molar-refractivity contribution in [3.8, 4) is 0 Å². The van der Waals surface area contributed by atoms with Gasteiger partial charge in [0.1, 0.15) is 0 Å². The Morgan fingerprint density at radius 2 is 2.07 bits per heavy atom. The lowest BCUT2D eigenvalue weighted by Gasteiger charge is -2.21. The Kier molecular flexibility index (Phi) is 6.68. The van der Waals surface area contributed by atoms with Gasteiger partial charge in [0.05, 0.1) is 17.5 Å². The van der Waals surface area contributed by atoms with E-state index >= 15 is 0 Å². The molecule has 0 saturated carbocycles. The summed E-state index contributed by atoms with van der Waals surface area (Å²) in [7, 11) is 0. The monoisotopic (exact) mass is 401 g/mol. The third-order valence-electron chi connectivity index (χ3n) is 4.08. The number of amides is 1. The van der Waals surface area contributed by atoms with E-state index < -0.39 is 0 Å². The van der Waals surface area contributed by atoms with Crippen molar-refractivity contribution < 1.29 is 4.79 Å². The summed E-state index contributed by atoms with van der Waals surface area (Å²) in [4.78, 5) is 29.6. The SMILES string of the molecule is CC(C)CC(NC(=O)CSCc1cc(=O)n2ccsc2n1)c1ccccc1. The number of nitrogens with one attached hydrogen (secondary N) is 1. The molecule has 5 nitrogen and oxygen atoms in total. The zero-order valence-electron chi connectivity index (χ0n) is 15.4. The van der Waals surface area contributed by atoms with E-state index in [0.717, 1.165) is 12.0 Å². The third-order valence-corrected chi connectivity index (χ3v) is 5.81. The van der Waals surface area contributed by atoms with Gasteiger partial charge in [0, 0.05) is 23.4 Å². The summed E-state index contributed by atoms with van der Waals surface area (Å²) in [6, 6.07) is 11.6. The van der Waals surface area contributed by atoms with E-state index in [1.807, 2.05) is 35.7 Å². The molecule has 1 atom stereocenters. The second-order valence-electron chi connectivity index (χ2n) is 6.79. The summed E-state index contributed by atoms with van der Waals surface area (Å²) in [6.45, 7) is 4.31. The molecule has 1 unspecified atom stereocenters. The van der Waals surface area contributed by atoms with Crippen LogP contribution in [0.25, 0.3) is 4.96 Å². The quantitative estimate of drug-likeness (QED) is 0.622. The molecule has 1 amide bonds. The average molecular weight is 402 g/mol. The first-order valence-corrected chi connectivity index (χ1v) is 10.9. The number of hydrogen-bond acceptors (Lipinski definition) is 5. The molecule has 0 bridgehead atoms. The minimum atomic E-state index is -0.0811. The van der Waals surface area contributed by atoms with E-state index in [0.29, 0.717) is 28.1 Å². The normalized spacial score (nSPS) is 12.4. The Balaban J connectivity index is 1.56. The van der Waals surface area contributed by atoms with Crippen LogP contribution in [0.1, 0.15) is 37.6 Å². The maximum Gasteiger partial charge on any atom is 0.258 e. The Bertz CT molecular complexity index is 951. The Hall–Kier alpha value is -2.12. The van der Waals surface area contributed by atoms with Gasteiger partial charge in [0.2, 0.25) is 5.91 Å². The van der Waals surface area contributed by atoms with Crippen LogP contribution in [0.15, 0.2) is 52.8 Å². The molecule has 1 aromatic carbocycles. The lowest BCUT2D eigenvalue weighted by Crippen LogP contribution is -2.31. The van der Waals surface area contributed by atoms with Crippen molar-refractivity contribution in [3.63, 3.8) is 0 Å². The summed E-state index contributed by atoms with van der Waals surface area (Å²) < 4.78 is 1.53. The Labute approximate surface area is 166 Å². The first-order valence-electron chi connectivity index (χ1n) is 8.91. The van der Waals surface area contributed by atoms with E-state index in [2.05, 4.69) is 24.1 Å². The average Bonchev–Trinajstić information content (AvgIpc) is 3.11. The zero-order valence-corrected chi connectivity index (χ0v) is 17.1. The van der Waals surface area contributed by atoms with Gasteiger partial charge in [-0.25, -0.2) is 4.98 Å². The lowest BCUT2D eigenvalue weighted by molar-refractivity contribution is -0.119. The van der Waals surface area contributed by atoms with E-state index in [9.17, 15) is 9.59 Å². The van der Waals surface area contributed by atoms with Crippen molar-refractivity contribution in [3.05, 3.63) is 69.6 Å². The fourth-order valence-corrected chi connectivity index (χ4v) is 4.35. The largest absolute Gasteiger partial charge is 0.349 e. The first kappa shape index (κ1) is 19.6. The van der Waals surface area contributed by atoms with Crippen LogP contribution in [0.5, 0.6) is 0 Å². The van der Waals surface area contributed by atoms with Gasteiger partial charge in [-0.1, -0.05) is 44.2 Å². The number of nitrogens with zero attached hydrogens (tertiary/aromatic N) is 2. The van der Waals surface area contributed by atoms with Gasteiger partial charge < -0.3 is 5.32 Å². The molecule has 27 heavy (non-hydrogen) atoms. The smallest absolute Gasteiger partial charge is 0.258 e. The van der Waals surface area contributed by atoms with Crippen LogP contribution in [0.2, 0.25) is 0 Å². The molecule has 3 aromatic rings. The zero-order chi connectivity index (χ0) is 19.2. The summed E-state index contributed by atoms with van der Waals surface area (Å²) in [6.07, 6.45) is 2.62. The van der Waals surface area contributed by atoms with Crippen molar-refractivity contribution in [2.45, 2.75) is 32.1 Å². The van der Waals surface area contributed by atoms with Crippen LogP contribution in [0, 0.1) is 5.92 Å². The molecule has 2 aromatic heterocycles. The third kappa shape index (κ3) is 5.43. The Morgan fingerprint density at radius 3 is 2.81 bits per heavy atom. The van der Waals surface area contributed by atoms with Gasteiger partial charge in [-0.2, -0.15) is 0 Å². The molecule has 7 heteroatoms. The molecule has 0 saturated heterocycles. The number of aromatic nitrogens is 2. The minimum absolute atomic E-state index is 0.00317. The number of carbonyl (C=O) groups is 1. The van der Waals surface area contributed by atoms with Gasteiger partial charge in [-0.15, -0.1) is 23.1 Å². The maximum absolute atomic E-state index is 12.4. The van der Waals surface area contributed by atoms with Crippen LogP contribution < -0.4 is 10.9 Å². The first-order chi connectivity index (χ1) is 13.0. The number of thiazole rings is 1. The van der Waals surface area contributed by atoms with Crippen molar-refractivity contribution in [1.82, 2.24) is 14.7 Å². The molecule has 1 N–H and O–H groups in total. The molecular formula is C20H23N3O2S2. The van der Waals surface area contributed by atoms with E-state index in [1.165, 1.54) is 33.6 Å². The summed E-state index contributed by atoms with van der Waals surface area (Å²) in [5.74, 6) is 1.37. The van der Waals surface area contributed by atoms with Gasteiger partial charge >= 0.3 is 0 Å². The predicted molar refractivity (Wildman–Crippen MR) is 112 cm³/mol. The van der Waals surface area contributed by atoms with Crippen molar-refractivity contribution in [1.29, 1.82) is 0 Å². The van der Waals surface area contributed by atoms with Crippen molar-refractivity contribution in [2.75, 3.05) is 5.75 Å². The molecule has 142 valence electrons. The molecule has 0 radical (unpaired) electrons. The number of fused-ring (bicyclic) bond motifs is 1. The number of thioether (sulfide) groups is 1. The van der Waals surface area contributed by atoms with Crippen LogP contribution >= 0.6 is 23.1 Å². The summed E-state index contributed by atoms with van der Waals surface area (Å²) in [5.41, 5.74) is 1.76. The van der Waals surface area contributed by atoms with Gasteiger partial charge in [-0.3, -0.25) is 14.0 Å². The number of hydrogen-bond donors (Lipinski definition) is 1. The lowest BCUT2D eigenvalue weighted by atomic mass is 9.97. The van der Waals surface area contributed by atoms with Gasteiger partial charge in [0.25, 0.3) is 5.56 Å². The van der Waals surface area contributed by atoms with Gasteiger partial charge in [0.15, 0.2) is 4.96 Å². The topological polar surface area (TPSA) is 63.5 Å². The molecule has 0 aliphatic carbocycles. The van der Waals surface area contributed by atoms with Crippen LogP contribution in [0.3, 0.4) is 0 Å². The van der Waals surface area contributed by atoms with Gasteiger partial charge in [-0.05, 0) is 17.9 Å². The van der Waals surface area contributed by atoms with E-state index in [4.69, 9.17) is 0 Å². The number of carbonyl (C=O) groups excluding carboxylic acids is 1. The fourth-order valence-electron chi connectivity index (χ4n) is 2.88. The second kappa shape index (κ2) is 9.19. The molecule has 0 spiro atoms. The standard InChI is InChI=1S/C20H23N3O2S2/c1-14(2)10-17(15-6-4-3-5-7-15)22-18(24)13-26-12-16-11-19(25)23-8-9-27-20(23)21-16/h3-9,11,14,17H,10,12-13H2,1-2H3,(H,22,24). The minimum Gasteiger partial charge on any atom is -0.349 e. The highest BCUT2D eigenvalue weighted by atomic mass is 32.2. The second-order valence-corrected chi connectivity index (χ2v) is 8.65. The van der Waals surface area contributed by atoms with Crippen molar-refractivity contribution in [2.24, 2.45) is 5.92 Å². The van der Waals surface area contributed by atoms with E-state index in [1.54, 1.807) is 6.20 Å². The highest BCUT2D eigenvalue weighted by molar-refractivity contribution is 7.99. The summed E-state index contributed by atoms with van der Waals surface area (Å²) in [5, 5.41) is 4.98. The number of rotatable bonds is 8. The van der Waals surface area contributed by atoms with Crippen molar-refractivity contribution >= 4 is 34.0 Å². The maximum atomic E-state index is 12.4. The van der Waals surface area contributed by atoms with E-state index in [-0.39, 0.29) is 17.5 Å². The Morgan fingerprint density at radius 1 is 1.30 bits per heavy atom. The molecule has 0 aliphatic heterocycles. The highest BCUT2D eigenvalue weighted by Gasteiger charge is 2.16. The molecule has 2 heterocycles. The van der Waals surface area contributed by atoms with Crippen LogP contribution in [-0.4, -0.2) is 21.0 Å². The fraction of sp³-hybridized carbons (Fsp3) is 0.350. The molecule has 0 aliphatic rings. The highest BCUT2D eigenvalue weighted by Crippen LogP contribution is 2.21. The van der Waals surface area contributed by atoms with Crippen LogP contribution in [-0.2, 0) is 10.5 Å². The predicted octanol–water partition coefficient (Wildman–Crippen LogP) is 3.89. The molecule has 0 fully saturated rings.